The molecule has 0 fully saturated rings. The van der Waals surface area contributed by atoms with Crippen molar-refractivity contribution < 1.29 is 5.48 Å². The van der Waals surface area contributed by atoms with Gasteiger partial charge in [-0.2, -0.15) is 0 Å². The Morgan fingerprint density at radius 2 is 1.43 bits per heavy atom. The molecule has 0 unspecified atom stereocenters. The van der Waals surface area contributed by atoms with E-state index in [1.807, 2.05) is 11.8 Å². The van der Waals surface area contributed by atoms with E-state index in [-0.39, 0.29) is 5.48 Å². The summed E-state index contributed by atoms with van der Waals surface area (Å²) in [6.45, 7) is 9.04. The van der Waals surface area contributed by atoms with Gasteiger partial charge in [0.25, 0.3) is 0 Å². The molecule has 0 atom stereocenters. The second-order valence-corrected chi connectivity index (χ2v) is 13.9. The summed E-state index contributed by atoms with van der Waals surface area (Å²) >= 11 is 8.93. The summed E-state index contributed by atoms with van der Waals surface area (Å²) in [7, 11) is 0. The Bertz CT molecular complexity index is 140. The number of thioether (sulfide) groups is 1. The van der Waals surface area contributed by atoms with Gasteiger partial charge in [-0.05, 0) is 0 Å². The zero-order valence-electron chi connectivity index (χ0n) is 9.98. The van der Waals surface area contributed by atoms with Crippen molar-refractivity contribution in [2.24, 2.45) is 0 Å². The summed E-state index contributed by atoms with van der Waals surface area (Å²) in [5.41, 5.74) is 0. The molecule has 0 aliphatic rings. The fourth-order valence-electron chi connectivity index (χ4n) is 1.58. The summed E-state index contributed by atoms with van der Waals surface area (Å²) < 4.78 is 0. The molecule has 90 valence electrons. The molecule has 0 amide bonds. The van der Waals surface area contributed by atoms with Gasteiger partial charge in [0.15, 0.2) is 0 Å². The van der Waals surface area contributed by atoms with Crippen molar-refractivity contribution in [2.45, 2.75) is 27.7 Å². The third-order valence-corrected chi connectivity index (χ3v) is 13.3. The zero-order valence-corrected chi connectivity index (χ0v) is 12.4. The minimum absolute atomic E-state index is 0. The maximum atomic E-state index is 6.90. The molecule has 0 aliphatic carbocycles. The van der Waals surface area contributed by atoms with Crippen LogP contribution in [0.5, 0.6) is 0 Å². The molecule has 0 aromatic heterocycles. The van der Waals surface area contributed by atoms with E-state index in [4.69, 9.17) is 11.2 Å². The predicted octanol–water partition coefficient (Wildman–Crippen LogP) is 3.68. The molecule has 0 aliphatic heterocycles. The first-order chi connectivity index (χ1) is 6.04. The smallest absolute Gasteiger partial charge is 0.412 e. The molecule has 14 heavy (non-hydrogen) atoms. The Balaban J connectivity index is 0. The van der Waals surface area contributed by atoms with Crippen LogP contribution in [0.15, 0.2) is 0 Å². The molecular formula is C10H26ClOPS. The van der Waals surface area contributed by atoms with E-state index in [0.29, 0.717) is 0 Å². The average molecular weight is 261 g/mol. The van der Waals surface area contributed by atoms with Crippen molar-refractivity contribution in [1.29, 1.82) is 0 Å². The van der Waals surface area contributed by atoms with E-state index in [9.17, 15) is 0 Å². The first kappa shape index (κ1) is 17.4. The van der Waals surface area contributed by atoms with Gasteiger partial charge in [-0.25, -0.2) is 0 Å². The van der Waals surface area contributed by atoms with Gasteiger partial charge < -0.3 is 5.48 Å². The Kier molecular flexibility index (Phi) is 9.12. The Morgan fingerprint density at radius 1 is 1.00 bits per heavy atom. The number of hydrogen-bond donors (Lipinski definition) is 0. The normalized spacial score (nSPS) is 14.2. The van der Waals surface area contributed by atoms with Crippen LogP contribution in [0.2, 0.25) is 0 Å². The first-order valence-electron chi connectivity index (χ1n) is 5.34. The van der Waals surface area contributed by atoms with Crippen LogP contribution >= 0.6 is 29.0 Å². The van der Waals surface area contributed by atoms with Crippen LogP contribution in [0.25, 0.3) is 0 Å². The molecule has 0 rings (SSSR count). The van der Waals surface area contributed by atoms with Crippen molar-refractivity contribution in [3.8, 4) is 0 Å². The molecule has 0 aromatic rings. The minimum Gasteiger partial charge on any atom is -0.412 e. The Labute approximate surface area is 98.4 Å². The van der Waals surface area contributed by atoms with Crippen LogP contribution in [0.4, 0.5) is 0 Å². The summed E-state index contributed by atoms with van der Waals surface area (Å²) in [6, 6.07) is 0. The maximum Gasteiger partial charge on any atom is -0.412 e. The number of hydrogen-bond acceptors (Lipinski definition) is 1. The Hall–Kier alpha value is 1.03. The van der Waals surface area contributed by atoms with Crippen molar-refractivity contribution in [1.82, 2.24) is 0 Å². The average Bonchev–Trinajstić information content (AvgIpc) is 2.19. The molecule has 0 saturated carbocycles. The van der Waals surface area contributed by atoms with Gasteiger partial charge in [0.2, 0.25) is 0 Å². The van der Waals surface area contributed by atoms with Crippen LogP contribution in [0, 0.1) is 0 Å². The van der Waals surface area contributed by atoms with Crippen molar-refractivity contribution >= 4 is 29.0 Å². The van der Waals surface area contributed by atoms with E-state index >= 15 is 0 Å². The van der Waals surface area contributed by atoms with Gasteiger partial charge in [0.1, 0.15) is 0 Å². The molecule has 0 bridgehead atoms. The molecule has 1 nitrogen and oxygen atoms in total. The number of rotatable bonds is 7. The SMILES string of the molecule is CCSCCP(Cl)(CC)(CC)CC.O. The molecule has 0 saturated heterocycles. The van der Waals surface area contributed by atoms with Crippen molar-refractivity contribution in [3.63, 3.8) is 0 Å². The third kappa shape index (κ3) is 4.70. The molecule has 4 heteroatoms. The van der Waals surface area contributed by atoms with Crippen molar-refractivity contribution in [2.75, 3.05) is 36.2 Å². The number of halogens is 1. The van der Waals surface area contributed by atoms with Crippen LogP contribution < -0.4 is 0 Å². The van der Waals surface area contributed by atoms with Gasteiger partial charge in [0.05, 0.1) is 0 Å². The largest absolute Gasteiger partial charge is 0.412 e. The maximum absolute atomic E-state index is 6.90. The van der Waals surface area contributed by atoms with Gasteiger partial charge in [-0.15, -0.1) is 0 Å². The summed E-state index contributed by atoms with van der Waals surface area (Å²) in [5, 5.41) is 0. The zero-order chi connectivity index (χ0) is 10.4. The van der Waals surface area contributed by atoms with E-state index in [1.165, 1.54) is 36.2 Å². The van der Waals surface area contributed by atoms with E-state index in [2.05, 4.69) is 27.7 Å². The fraction of sp³-hybridized carbons (Fsp3) is 1.00. The standard InChI is InChI=1S/C10H24ClPS.H2O/c1-5-12(11,6-2,7-3)9-10-13-8-4;/h5-10H2,1-4H3;1H2. The monoisotopic (exact) mass is 260 g/mol. The molecule has 0 aromatic carbocycles. The second kappa shape index (κ2) is 7.33. The summed E-state index contributed by atoms with van der Waals surface area (Å²) in [6.07, 6.45) is 4.91. The fourth-order valence-corrected chi connectivity index (χ4v) is 7.12. The van der Waals surface area contributed by atoms with Crippen LogP contribution in [0.1, 0.15) is 27.7 Å². The Morgan fingerprint density at radius 3 is 1.71 bits per heavy atom. The van der Waals surface area contributed by atoms with Crippen LogP contribution in [-0.4, -0.2) is 41.6 Å². The van der Waals surface area contributed by atoms with Gasteiger partial charge >= 0.3 is 92.8 Å². The predicted molar refractivity (Wildman–Crippen MR) is 75.9 cm³/mol. The third-order valence-electron chi connectivity index (χ3n) is 3.37. The van der Waals surface area contributed by atoms with E-state index < -0.39 is 5.96 Å². The summed E-state index contributed by atoms with van der Waals surface area (Å²) in [5.74, 6) is 0.709. The second-order valence-electron chi connectivity index (χ2n) is 3.69. The minimum atomic E-state index is -1.77. The molecular weight excluding hydrogens is 235 g/mol. The van der Waals surface area contributed by atoms with Crippen LogP contribution in [-0.2, 0) is 0 Å². The van der Waals surface area contributed by atoms with Gasteiger partial charge in [-0.3, -0.25) is 0 Å². The first-order valence-corrected chi connectivity index (χ1v) is 10.4. The molecule has 0 radical (unpaired) electrons. The quantitative estimate of drug-likeness (QED) is 0.508. The van der Waals surface area contributed by atoms with E-state index in [1.54, 1.807) is 0 Å². The van der Waals surface area contributed by atoms with Crippen LogP contribution in [0.3, 0.4) is 0 Å². The van der Waals surface area contributed by atoms with E-state index in [0.717, 1.165) is 0 Å². The van der Waals surface area contributed by atoms with Gasteiger partial charge in [0, 0.05) is 0 Å². The van der Waals surface area contributed by atoms with Crippen molar-refractivity contribution in [3.05, 3.63) is 0 Å². The molecule has 0 spiro atoms. The summed E-state index contributed by atoms with van der Waals surface area (Å²) in [4.78, 5) is 0. The van der Waals surface area contributed by atoms with Gasteiger partial charge in [-0.1, -0.05) is 0 Å². The molecule has 2 N–H and O–H groups in total. The topological polar surface area (TPSA) is 31.5 Å². The molecule has 0 heterocycles.